The summed E-state index contributed by atoms with van der Waals surface area (Å²) in [4.78, 5) is 12.2. The molecule has 0 aliphatic carbocycles. The molecule has 0 spiro atoms. The molecule has 1 aliphatic heterocycles. The zero-order chi connectivity index (χ0) is 18.0. The first-order chi connectivity index (χ1) is 11.9. The molecule has 2 aromatic carbocycles. The molecule has 0 aromatic heterocycles. The number of aliphatic hydroxyl groups excluding tert-OH is 1. The molecule has 3 rings (SSSR count). The van der Waals surface area contributed by atoms with Crippen LogP contribution >= 0.6 is 0 Å². The summed E-state index contributed by atoms with van der Waals surface area (Å²) in [5.41, 5.74) is 3.77. The molecule has 130 valence electrons. The second-order valence-corrected chi connectivity index (χ2v) is 6.61. The summed E-state index contributed by atoms with van der Waals surface area (Å²) in [6.45, 7) is 5.70. The van der Waals surface area contributed by atoms with Crippen molar-refractivity contribution in [2.24, 2.45) is 0 Å². The Labute approximate surface area is 147 Å². The number of urea groups is 1. The third-order valence-corrected chi connectivity index (χ3v) is 4.02. The fourth-order valence-corrected chi connectivity index (χ4v) is 2.83. The topological polar surface area (TPSA) is 70.6 Å². The molecular formula is C20H22N2O3. The van der Waals surface area contributed by atoms with Crippen LogP contribution in [0.15, 0.2) is 42.5 Å². The summed E-state index contributed by atoms with van der Waals surface area (Å²) >= 11 is 0. The Morgan fingerprint density at radius 3 is 2.44 bits per heavy atom. The van der Waals surface area contributed by atoms with E-state index in [9.17, 15) is 9.90 Å². The van der Waals surface area contributed by atoms with Gasteiger partial charge in [-0.2, -0.15) is 0 Å². The van der Waals surface area contributed by atoms with Crippen molar-refractivity contribution in [1.29, 1.82) is 0 Å². The van der Waals surface area contributed by atoms with Crippen LogP contribution in [-0.4, -0.2) is 23.3 Å². The van der Waals surface area contributed by atoms with Gasteiger partial charge in [-0.05, 0) is 68.3 Å². The van der Waals surface area contributed by atoms with Crippen LogP contribution in [0.5, 0.6) is 5.75 Å². The SMILES string of the molecule is Cc1cc(C)cc(NC(=O)Nc2ccc3c(c2)C=CC(C)(CO)O3)c1. The van der Waals surface area contributed by atoms with Gasteiger partial charge in [-0.15, -0.1) is 0 Å². The molecule has 1 heterocycles. The van der Waals surface area contributed by atoms with Crippen molar-refractivity contribution in [2.45, 2.75) is 26.4 Å². The van der Waals surface area contributed by atoms with E-state index in [2.05, 4.69) is 16.7 Å². The molecular weight excluding hydrogens is 316 g/mol. The summed E-state index contributed by atoms with van der Waals surface area (Å²) < 4.78 is 5.79. The number of hydrogen-bond donors (Lipinski definition) is 3. The average Bonchev–Trinajstić information content (AvgIpc) is 2.54. The number of ether oxygens (including phenoxy) is 1. The van der Waals surface area contributed by atoms with Crippen molar-refractivity contribution in [3.8, 4) is 5.75 Å². The van der Waals surface area contributed by atoms with Crippen LogP contribution < -0.4 is 15.4 Å². The van der Waals surface area contributed by atoms with E-state index in [4.69, 9.17) is 4.74 Å². The molecule has 5 heteroatoms. The molecule has 0 fully saturated rings. The summed E-state index contributed by atoms with van der Waals surface area (Å²) in [7, 11) is 0. The first-order valence-electron chi connectivity index (χ1n) is 8.16. The van der Waals surface area contributed by atoms with E-state index in [1.807, 2.05) is 51.1 Å². The van der Waals surface area contributed by atoms with Gasteiger partial charge in [0.15, 0.2) is 0 Å². The van der Waals surface area contributed by atoms with Gasteiger partial charge in [0, 0.05) is 16.9 Å². The molecule has 0 saturated heterocycles. The zero-order valence-electron chi connectivity index (χ0n) is 14.6. The highest BCUT2D eigenvalue weighted by atomic mass is 16.5. The highest BCUT2D eigenvalue weighted by Gasteiger charge is 2.26. The Hall–Kier alpha value is -2.79. The predicted octanol–water partition coefficient (Wildman–Crippen LogP) is 4.10. The molecule has 3 N–H and O–H groups in total. The van der Waals surface area contributed by atoms with Crippen molar-refractivity contribution in [1.82, 2.24) is 0 Å². The van der Waals surface area contributed by atoms with E-state index in [0.717, 1.165) is 22.4 Å². The summed E-state index contributed by atoms with van der Waals surface area (Å²) in [6, 6.07) is 11.0. The Kier molecular flexibility index (Phi) is 4.51. The Balaban J connectivity index is 1.71. The van der Waals surface area contributed by atoms with Gasteiger partial charge in [0.1, 0.15) is 11.4 Å². The number of hydrogen-bond acceptors (Lipinski definition) is 3. The fraction of sp³-hybridized carbons (Fsp3) is 0.250. The lowest BCUT2D eigenvalue weighted by molar-refractivity contribution is 0.0641. The van der Waals surface area contributed by atoms with Crippen LogP contribution in [0.3, 0.4) is 0 Å². The quantitative estimate of drug-likeness (QED) is 0.789. The number of benzene rings is 2. The van der Waals surface area contributed by atoms with Crippen LogP contribution in [0.2, 0.25) is 0 Å². The molecule has 2 aromatic rings. The van der Waals surface area contributed by atoms with Gasteiger partial charge in [0.2, 0.25) is 0 Å². The van der Waals surface area contributed by atoms with Gasteiger partial charge in [-0.3, -0.25) is 0 Å². The van der Waals surface area contributed by atoms with Crippen molar-refractivity contribution in [2.75, 3.05) is 17.2 Å². The van der Waals surface area contributed by atoms with Gasteiger partial charge < -0.3 is 20.5 Å². The zero-order valence-corrected chi connectivity index (χ0v) is 14.6. The van der Waals surface area contributed by atoms with Crippen molar-refractivity contribution >= 4 is 23.5 Å². The molecule has 0 saturated carbocycles. The first-order valence-corrected chi connectivity index (χ1v) is 8.16. The number of amides is 2. The smallest absolute Gasteiger partial charge is 0.323 e. The third kappa shape index (κ3) is 4.00. The maximum atomic E-state index is 12.2. The molecule has 1 unspecified atom stereocenters. The lowest BCUT2D eigenvalue weighted by Gasteiger charge is -2.29. The molecule has 1 atom stereocenters. The number of fused-ring (bicyclic) bond motifs is 1. The van der Waals surface area contributed by atoms with Gasteiger partial charge >= 0.3 is 6.03 Å². The highest BCUT2D eigenvalue weighted by Crippen LogP contribution is 2.32. The normalized spacial score (nSPS) is 18.2. The second kappa shape index (κ2) is 6.61. The van der Waals surface area contributed by atoms with Gasteiger partial charge in [0.25, 0.3) is 0 Å². The maximum absolute atomic E-state index is 12.2. The van der Waals surface area contributed by atoms with Crippen molar-refractivity contribution in [3.63, 3.8) is 0 Å². The number of carbonyl (C=O) groups excluding carboxylic acids is 1. The van der Waals surface area contributed by atoms with Crippen LogP contribution in [0, 0.1) is 13.8 Å². The van der Waals surface area contributed by atoms with Crippen LogP contribution in [0.4, 0.5) is 16.2 Å². The first kappa shape index (κ1) is 17.0. The van der Waals surface area contributed by atoms with Gasteiger partial charge in [-0.25, -0.2) is 4.79 Å². The lowest BCUT2D eigenvalue weighted by Crippen LogP contribution is -2.35. The molecule has 0 radical (unpaired) electrons. The van der Waals surface area contributed by atoms with E-state index in [1.165, 1.54) is 0 Å². The molecule has 0 bridgehead atoms. The van der Waals surface area contributed by atoms with Crippen LogP contribution in [-0.2, 0) is 0 Å². The average molecular weight is 338 g/mol. The van der Waals surface area contributed by atoms with Gasteiger partial charge in [-0.1, -0.05) is 12.1 Å². The summed E-state index contributed by atoms with van der Waals surface area (Å²) in [5.74, 6) is 0.680. The summed E-state index contributed by atoms with van der Waals surface area (Å²) in [6.07, 6.45) is 3.71. The number of nitrogens with one attached hydrogen (secondary N) is 2. The number of aryl methyl sites for hydroxylation is 2. The van der Waals surface area contributed by atoms with E-state index in [-0.39, 0.29) is 12.6 Å². The molecule has 5 nitrogen and oxygen atoms in total. The largest absolute Gasteiger partial charge is 0.480 e. The van der Waals surface area contributed by atoms with Crippen LogP contribution in [0.25, 0.3) is 6.08 Å². The highest BCUT2D eigenvalue weighted by molar-refractivity contribution is 6.00. The van der Waals surface area contributed by atoms with E-state index in [0.29, 0.717) is 11.4 Å². The standard InChI is InChI=1S/C20H22N2O3/c1-13-8-14(2)10-17(9-13)22-19(24)21-16-4-5-18-15(11-16)6-7-20(3,12-23)25-18/h4-11,23H,12H2,1-3H3,(H2,21,22,24). The monoisotopic (exact) mass is 338 g/mol. The fourth-order valence-electron chi connectivity index (χ4n) is 2.83. The van der Waals surface area contributed by atoms with Gasteiger partial charge in [0.05, 0.1) is 6.61 Å². The number of aliphatic hydroxyl groups is 1. The lowest BCUT2D eigenvalue weighted by atomic mass is 10.0. The molecule has 1 aliphatic rings. The van der Waals surface area contributed by atoms with E-state index in [1.54, 1.807) is 12.1 Å². The van der Waals surface area contributed by atoms with Crippen molar-refractivity contribution in [3.05, 3.63) is 59.2 Å². The Morgan fingerprint density at radius 1 is 1.08 bits per heavy atom. The van der Waals surface area contributed by atoms with E-state index < -0.39 is 5.60 Å². The minimum Gasteiger partial charge on any atom is -0.480 e. The minimum atomic E-state index is -0.706. The molecule has 25 heavy (non-hydrogen) atoms. The number of anilines is 2. The number of carbonyl (C=O) groups is 1. The Bertz CT molecular complexity index is 825. The molecule has 2 amide bonds. The summed E-state index contributed by atoms with van der Waals surface area (Å²) in [5, 5.41) is 15.1. The minimum absolute atomic E-state index is 0.0960. The predicted molar refractivity (Wildman–Crippen MR) is 100 cm³/mol. The van der Waals surface area contributed by atoms with Crippen molar-refractivity contribution < 1.29 is 14.6 Å². The van der Waals surface area contributed by atoms with Crippen LogP contribution in [0.1, 0.15) is 23.6 Å². The number of rotatable bonds is 3. The van der Waals surface area contributed by atoms with E-state index >= 15 is 0 Å². The third-order valence-electron chi connectivity index (χ3n) is 4.02. The maximum Gasteiger partial charge on any atom is 0.323 e. The second-order valence-electron chi connectivity index (χ2n) is 6.61. The Morgan fingerprint density at radius 2 is 1.76 bits per heavy atom.